The maximum atomic E-state index is 12.3. The van der Waals surface area contributed by atoms with Crippen LogP contribution in [0.25, 0.3) is 10.9 Å². The van der Waals surface area contributed by atoms with Gasteiger partial charge in [0.1, 0.15) is 0 Å². The van der Waals surface area contributed by atoms with Gasteiger partial charge in [0.05, 0.1) is 12.2 Å². The zero-order valence-corrected chi connectivity index (χ0v) is 11.3. The SMILES string of the molecule is CCOC(=O)c1c2n(c3ccccc13)CCCCC2. The number of carbonyl (C=O) groups excluding carboxylic acids is 1. The Kier molecular flexibility index (Phi) is 3.28. The fraction of sp³-hybridized carbons (Fsp3) is 0.438. The monoisotopic (exact) mass is 257 g/mol. The van der Waals surface area contributed by atoms with E-state index in [0.29, 0.717) is 6.61 Å². The summed E-state index contributed by atoms with van der Waals surface area (Å²) < 4.78 is 7.56. The van der Waals surface area contributed by atoms with Gasteiger partial charge in [0.2, 0.25) is 0 Å². The second kappa shape index (κ2) is 5.08. The normalized spacial score (nSPS) is 15.0. The predicted molar refractivity (Wildman–Crippen MR) is 75.4 cm³/mol. The predicted octanol–water partition coefficient (Wildman–Crippen LogP) is 3.54. The second-order valence-corrected chi connectivity index (χ2v) is 5.02. The Balaban J connectivity index is 2.23. The van der Waals surface area contributed by atoms with Crippen LogP contribution in [0.3, 0.4) is 0 Å². The third-order valence-corrected chi connectivity index (χ3v) is 3.85. The van der Waals surface area contributed by atoms with Crippen LogP contribution in [0, 0.1) is 0 Å². The van der Waals surface area contributed by atoms with Gasteiger partial charge in [0.15, 0.2) is 0 Å². The van der Waals surface area contributed by atoms with Gasteiger partial charge in [-0.25, -0.2) is 4.79 Å². The van der Waals surface area contributed by atoms with Gasteiger partial charge in [-0.3, -0.25) is 0 Å². The maximum absolute atomic E-state index is 12.3. The van der Waals surface area contributed by atoms with Crippen LogP contribution in [0.1, 0.15) is 42.2 Å². The molecule has 2 heterocycles. The highest BCUT2D eigenvalue weighted by atomic mass is 16.5. The number of esters is 1. The lowest BCUT2D eigenvalue weighted by atomic mass is 10.1. The molecule has 0 bridgehead atoms. The topological polar surface area (TPSA) is 31.2 Å². The van der Waals surface area contributed by atoms with E-state index in [1.54, 1.807) is 0 Å². The van der Waals surface area contributed by atoms with Crippen LogP contribution in [-0.4, -0.2) is 17.1 Å². The molecule has 3 nitrogen and oxygen atoms in total. The van der Waals surface area contributed by atoms with E-state index in [4.69, 9.17) is 4.74 Å². The van der Waals surface area contributed by atoms with Crippen molar-refractivity contribution >= 4 is 16.9 Å². The smallest absolute Gasteiger partial charge is 0.340 e. The molecule has 19 heavy (non-hydrogen) atoms. The first kappa shape index (κ1) is 12.3. The lowest BCUT2D eigenvalue weighted by Crippen LogP contribution is -2.09. The first-order valence-electron chi connectivity index (χ1n) is 7.10. The Labute approximate surface area is 113 Å². The van der Waals surface area contributed by atoms with Gasteiger partial charge < -0.3 is 9.30 Å². The molecule has 0 fully saturated rings. The van der Waals surface area contributed by atoms with E-state index in [2.05, 4.69) is 10.6 Å². The van der Waals surface area contributed by atoms with Gasteiger partial charge in [0.25, 0.3) is 0 Å². The molecule has 0 radical (unpaired) electrons. The largest absolute Gasteiger partial charge is 0.462 e. The zero-order chi connectivity index (χ0) is 13.2. The molecule has 0 aliphatic carbocycles. The number of aromatic nitrogens is 1. The summed E-state index contributed by atoms with van der Waals surface area (Å²) in [6.07, 6.45) is 4.55. The average Bonchev–Trinajstić information content (AvgIpc) is 2.58. The number of benzene rings is 1. The van der Waals surface area contributed by atoms with Gasteiger partial charge in [-0.05, 0) is 32.3 Å². The number of carbonyl (C=O) groups is 1. The zero-order valence-electron chi connectivity index (χ0n) is 11.3. The Morgan fingerprint density at radius 2 is 2.11 bits per heavy atom. The minimum absolute atomic E-state index is 0.172. The number of aryl methyl sites for hydroxylation is 1. The summed E-state index contributed by atoms with van der Waals surface area (Å²) in [6.45, 7) is 3.29. The van der Waals surface area contributed by atoms with Crippen LogP contribution in [0.2, 0.25) is 0 Å². The Hall–Kier alpha value is -1.77. The molecule has 0 atom stereocenters. The van der Waals surface area contributed by atoms with Crippen molar-refractivity contribution in [2.45, 2.75) is 39.2 Å². The van der Waals surface area contributed by atoms with Crippen molar-refractivity contribution < 1.29 is 9.53 Å². The summed E-state index contributed by atoms with van der Waals surface area (Å²) >= 11 is 0. The molecule has 2 aromatic rings. The fourth-order valence-electron chi connectivity index (χ4n) is 3.04. The summed E-state index contributed by atoms with van der Waals surface area (Å²) in [7, 11) is 0. The van der Waals surface area contributed by atoms with Crippen LogP contribution in [0.5, 0.6) is 0 Å². The summed E-state index contributed by atoms with van der Waals surface area (Å²) in [5, 5.41) is 1.04. The molecule has 1 aliphatic heterocycles. The third-order valence-electron chi connectivity index (χ3n) is 3.85. The Morgan fingerprint density at radius 1 is 1.26 bits per heavy atom. The molecule has 1 aromatic heterocycles. The van der Waals surface area contributed by atoms with E-state index in [1.165, 1.54) is 18.4 Å². The molecular formula is C16H19NO2. The van der Waals surface area contributed by atoms with Crippen LogP contribution in [0.15, 0.2) is 24.3 Å². The van der Waals surface area contributed by atoms with E-state index < -0.39 is 0 Å². The average molecular weight is 257 g/mol. The quantitative estimate of drug-likeness (QED) is 0.770. The standard InChI is InChI=1S/C16H19NO2/c1-2-19-16(18)15-12-8-5-6-9-13(12)17-11-7-3-4-10-14(15)17/h5-6,8-9H,2-4,7,10-11H2,1H3. The van der Waals surface area contributed by atoms with Crippen molar-refractivity contribution in [3.8, 4) is 0 Å². The summed E-state index contributed by atoms with van der Waals surface area (Å²) in [6, 6.07) is 8.16. The van der Waals surface area contributed by atoms with Crippen molar-refractivity contribution in [3.05, 3.63) is 35.5 Å². The molecule has 1 aliphatic rings. The lowest BCUT2D eigenvalue weighted by molar-refractivity contribution is 0.0527. The Morgan fingerprint density at radius 3 is 2.95 bits per heavy atom. The van der Waals surface area contributed by atoms with E-state index in [1.807, 2.05) is 25.1 Å². The van der Waals surface area contributed by atoms with Crippen molar-refractivity contribution in [1.82, 2.24) is 4.57 Å². The molecule has 3 heteroatoms. The van der Waals surface area contributed by atoms with Crippen LogP contribution in [0.4, 0.5) is 0 Å². The molecule has 1 aromatic carbocycles. The van der Waals surface area contributed by atoms with Gasteiger partial charge in [0, 0.05) is 23.1 Å². The van der Waals surface area contributed by atoms with Crippen LogP contribution < -0.4 is 0 Å². The van der Waals surface area contributed by atoms with Crippen LogP contribution >= 0.6 is 0 Å². The van der Waals surface area contributed by atoms with Crippen molar-refractivity contribution in [2.75, 3.05) is 6.61 Å². The highest BCUT2D eigenvalue weighted by molar-refractivity contribution is 6.06. The minimum atomic E-state index is -0.172. The van der Waals surface area contributed by atoms with Crippen molar-refractivity contribution in [3.63, 3.8) is 0 Å². The van der Waals surface area contributed by atoms with Crippen LogP contribution in [-0.2, 0) is 17.7 Å². The van der Waals surface area contributed by atoms with Gasteiger partial charge in [-0.15, -0.1) is 0 Å². The van der Waals surface area contributed by atoms with Gasteiger partial charge in [-0.1, -0.05) is 24.6 Å². The van der Waals surface area contributed by atoms with E-state index in [0.717, 1.165) is 36.0 Å². The molecule has 0 amide bonds. The maximum Gasteiger partial charge on any atom is 0.340 e. The first-order valence-corrected chi connectivity index (χ1v) is 7.10. The second-order valence-electron chi connectivity index (χ2n) is 5.02. The number of hydrogen-bond donors (Lipinski definition) is 0. The van der Waals surface area contributed by atoms with Crippen molar-refractivity contribution in [2.24, 2.45) is 0 Å². The number of nitrogens with zero attached hydrogens (tertiary/aromatic N) is 1. The molecule has 3 rings (SSSR count). The van der Waals surface area contributed by atoms with Gasteiger partial charge >= 0.3 is 5.97 Å². The minimum Gasteiger partial charge on any atom is -0.462 e. The Bertz CT molecular complexity index is 612. The third kappa shape index (κ3) is 2.03. The fourth-order valence-corrected chi connectivity index (χ4v) is 3.04. The molecule has 0 N–H and O–H groups in total. The number of ether oxygens (including phenoxy) is 1. The number of hydrogen-bond acceptors (Lipinski definition) is 2. The number of rotatable bonds is 2. The number of para-hydroxylation sites is 1. The molecule has 100 valence electrons. The molecule has 0 spiro atoms. The summed E-state index contributed by atoms with van der Waals surface area (Å²) in [5.74, 6) is -0.172. The highest BCUT2D eigenvalue weighted by Crippen LogP contribution is 2.30. The van der Waals surface area contributed by atoms with Gasteiger partial charge in [-0.2, -0.15) is 0 Å². The van der Waals surface area contributed by atoms with E-state index in [-0.39, 0.29) is 5.97 Å². The lowest BCUT2D eigenvalue weighted by Gasteiger charge is -2.07. The molecule has 0 saturated carbocycles. The molecule has 0 unspecified atom stereocenters. The molecular weight excluding hydrogens is 238 g/mol. The first-order chi connectivity index (χ1) is 9.33. The summed E-state index contributed by atoms with van der Waals surface area (Å²) in [5.41, 5.74) is 3.12. The van der Waals surface area contributed by atoms with E-state index >= 15 is 0 Å². The molecule has 0 saturated heterocycles. The number of fused-ring (bicyclic) bond motifs is 3. The highest BCUT2D eigenvalue weighted by Gasteiger charge is 2.23. The van der Waals surface area contributed by atoms with Crippen molar-refractivity contribution in [1.29, 1.82) is 0 Å². The van der Waals surface area contributed by atoms with E-state index in [9.17, 15) is 4.79 Å². The summed E-state index contributed by atoms with van der Waals surface area (Å²) in [4.78, 5) is 12.3.